The van der Waals surface area contributed by atoms with E-state index in [1.165, 1.54) is 5.56 Å². The quantitative estimate of drug-likeness (QED) is 0.149. The average Bonchev–Trinajstić information content (AvgIpc) is 3.26. The number of benzene rings is 2. The maximum absolute atomic E-state index is 6.54. The van der Waals surface area contributed by atoms with Crippen molar-refractivity contribution in [1.29, 1.82) is 0 Å². The van der Waals surface area contributed by atoms with Crippen LogP contribution in [0.25, 0.3) is 17.7 Å². The normalized spacial score (nSPS) is 12.3. The third-order valence-electron chi connectivity index (χ3n) is 5.24. The van der Waals surface area contributed by atoms with Gasteiger partial charge in [-0.25, -0.2) is 0 Å². The summed E-state index contributed by atoms with van der Waals surface area (Å²) in [5.74, 6) is 1.88. The summed E-state index contributed by atoms with van der Waals surface area (Å²) < 4.78 is 11.7. The second kappa shape index (κ2) is 12.8. The number of hydrogen-bond acceptors (Lipinski definition) is 3. The molecule has 0 amide bonds. The molecule has 0 unspecified atom stereocenters. The van der Waals surface area contributed by atoms with Crippen molar-refractivity contribution in [1.82, 2.24) is 5.16 Å². The lowest BCUT2D eigenvalue weighted by atomic mass is 10.0. The van der Waals surface area contributed by atoms with Crippen LogP contribution in [0.1, 0.15) is 53.5 Å². The predicted octanol–water partition coefficient (Wildman–Crippen LogP) is 9.44. The molecular weight excluding hydrogens is 501 g/mol. The van der Waals surface area contributed by atoms with Crippen LogP contribution in [0.2, 0.25) is 5.02 Å². The molecule has 0 aliphatic rings. The molecular formula is C29H28Cl3NO2. The van der Waals surface area contributed by atoms with Gasteiger partial charge in [0.15, 0.2) is 0 Å². The molecule has 0 aliphatic heterocycles. The van der Waals surface area contributed by atoms with Gasteiger partial charge in [-0.05, 0) is 42.3 Å². The molecule has 0 fully saturated rings. The number of alkyl halides is 1. The molecule has 0 spiro atoms. The Kier molecular flexibility index (Phi) is 9.85. The highest BCUT2D eigenvalue weighted by Gasteiger charge is 2.22. The van der Waals surface area contributed by atoms with Gasteiger partial charge in [-0.3, -0.25) is 0 Å². The minimum Gasteiger partial charge on any atom is -0.489 e. The van der Waals surface area contributed by atoms with Crippen molar-refractivity contribution >= 4 is 52.5 Å². The number of halogens is 3. The molecule has 182 valence electrons. The van der Waals surface area contributed by atoms with Crippen LogP contribution < -0.4 is 4.74 Å². The fourth-order valence-corrected chi connectivity index (χ4v) is 3.92. The van der Waals surface area contributed by atoms with Gasteiger partial charge >= 0.3 is 0 Å². The SMILES string of the molecule is C=C(/C(Cl)=C\C=C/CCl)c1noc(C(C)C)c1COc1ccc(/C=C/c2cccc(C)c2)c(Cl)c1. The summed E-state index contributed by atoms with van der Waals surface area (Å²) >= 11 is 18.6. The van der Waals surface area contributed by atoms with E-state index < -0.39 is 0 Å². The largest absolute Gasteiger partial charge is 0.489 e. The Bertz CT molecular complexity index is 1270. The van der Waals surface area contributed by atoms with E-state index in [-0.39, 0.29) is 12.5 Å². The molecule has 1 heterocycles. The van der Waals surface area contributed by atoms with Gasteiger partial charge in [0.1, 0.15) is 23.8 Å². The number of rotatable bonds is 10. The summed E-state index contributed by atoms with van der Waals surface area (Å²) in [5.41, 5.74) is 5.16. The first-order chi connectivity index (χ1) is 16.8. The second-order valence-electron chi connectivity index (χ2n) is 8.32. The molecule has 0 N–H and O–H groups in total. The summed E-state index contributed by atoms with van der Waals surface area (Å²) in [6, 6.07) is 13.9. The monoisotopic (exact) mass is 527 g/mol. The van der Waals surface area contributed by atoms with E-state index in [9.17, 15) is 0 Å². The lowest BCUT2D eigenvalue weighted by Crippen LogP contribution is -2.02. The highest BCUT2D eigenvalue weighted by atomic mass is 35.5. The third kappa shape index (κ3) is 7.38. The molecule has 0 saturated heterocycles. The first-order valence-electron chi connectivity index (χ1n) is 11.2. The number of allylic oxidation sites excluding steroid dienone is 5. The van der Waals surface area contributed by atoms with Gasteiger partial charge < -0.3 is 9.26 Å². The summed E-state index contributed by atoms with van der Waals surface area (Å²) in [7, 11) is 0. The minimum atomic E-state index is 0.110. The number of aryl methyl sites for hydroxylation is 1. The number of hydrogen-bond donors (Lipinski definition) is 0. The molecule has 3 rings (SSSR count). The van der Waals surface area contributed by atoms with Crippen LogP contribution in [-0.4, -0.2) is 11.0 Å². The summed E-state index contributed by atoms with van der Waals surface area (Å²) in [4.78, 5) is 0. The van der Waals surface area contributed by atoms with Crippen molar-refractivity contribution in [3.63, 3.8) is 0 Å². The van der Waals surface area contributed by atoms with Gasteiger partial charge in [-0.1, -0.05) is 103 Å². The number of ether oxygens (including phenoxy) is 1. The number of nitrogens with zero attached hydrogens (tertiary/aromatic N) is 1. The van der Waals surface area contributed by atoms with E-state index in [2.05, 4.69) is 36.9 Å². The number of aromatic nitrogens is 1. The van der Waals surface area contributed by atoms with E-state index in [0.29, 0.717) is 33.0 Å². The summed E-state index contributed by atoms with van der Waals surface area (Å²) in [6.07, 6.45) is 9.32. The summed E-state index contributed by atoms with van der Waals surface area (Å²) in [6.45, 7) is 10.5. The molecule has 0 saturated carbocycles. The van der Waals surface area contributed by atoms with Crippen LogP contribution in [0.3, 0.4) is 0 Å². The van der Waals surface area contributed by atoms with Gasteiger partial charge in [0.05, 0.1) is 10.6 Å². The average molecular weight is 529 g/mol. The Balaban J connectivity index is 1.78. The Hall–Kier alpha value is -2.72. The van der Waals surface area contributed by atoms with Crippen molar-refractivity contribution in [3.8, 4) is 5.75 Å². The molecule has 3 nitrogen and oxygen atoms in total. The molecule has 6 heteroatoms. The van der Waals surface area contributed by atoms with Crippen molar-refractivity contribution in [2.75, 3.05) is 5.88 Å². The first kappa shape index (κ1) is 26.9. The first-order valence-corrected chi connectivity index (χ1v) is 12.5. The molecule has 2 aromatic carbocycles. The van der Waals surface area contributed by atoms with Crippen LogP contribution >= 0.6 is 34.8 Å². The Morgan fingerprint density at radius 2 is 1.97 bits per heavy atom. The maximum Gasteiger partial charge on any atom is 0.146 e. The maximum atomic E-state index is 6.54. The molecule has 0 radical (unpaired) electrons. The van der Waals surface area contributed by atoms with Crippen molar-refractivity contribution in [3.05, 3.63) is 111 Å². The van der Waals surface area contributed by atoms with Crippen LogP contribution in [0.4, 0.5) is 0 Å². The Morgan fingerprint density at radius 3 is 2.66 bits per heavy atom. The fraction of sp³-hybridized carbons (Fsp3) is 0.207. The molecule has 1 aromatic heterocycles. The minimum absolute atomic E-state index is 0.110. The predicted molar refractivity (Wildman–Crippen MR) is 149 cm³/mol. The lowest BCUT2D eigenvalue weighted by Gasteiger charge is -2.11. The second-order valence-corrected chi connectivity index (χ2v) is 9.45. The molecule has 35 heavy (non-hydrogen) atoms. The lowest BCUT2D eigenvalue weighted by molar-refractivity contribution is 0.298. The van der Waals surface area contributed by atoms with Crippen LogP contribution in [0.15, 0.2) is 76.8 Å². The van der Waals surface area contributed by atoms with Crippen LogP contribution in [0, 0.1) is 6.92 Å². The van der Waals surface area contributed by atoms with Gasteiger partial charge in [-0.2, -0.15) is 0 Å². The topological polar surface area (TPSA) is 35.3 Å². The van der Waals surface area contributed by atoms with Crippen LogP contribution in [-0.2, 0) is 6.61 Å². The molecule has 3 aromatic rings. The smallest absolute Gasteiger partial charge is 0.146 e. The van der Waals surface area contributed by atoms with Crippen LogP contribution in [0.5, 0.6) is 5.75 Å². The highest BCUT2D eigenvalue weighted by Crippen LogP contribution is 2.33. The van der Waals surface area contributed by atoms with Crippen molar-refractivity contribution in [2.45, 2.75) is 33.3 Å². The van der Waals surface area contributed by atoms with Gasteiger partial charge in [0.25, 0.3) is 0 Å². The standard InChI is InChI=1S/C29H28Cl3NO2/c1-19(2)29-25(28(33-35-29)21(4)26(31)10-5-6-15-30)18-34-24-14-13-23(27(32)17-24)12-11-22-9-7-8-20(3)16-22/h5-14,16-17,19H,4,15,18H2,1-3H3/b6-5-,12-11+,26-10+. The van der Waals surface area contributed by atoms with E-state index in [1.807, 2.05) is 44.2 Å². The highest BCUT2D eigenvalue weighted by molar-refractivity contribution is 6.36. The Labute approximate surface area is 222 Å². The van der Waals surface area contributed by atoms with E-state index in [0.717, 1.165) is 22.5 Å². The molecule has 0 aliphatic carbocycles. The molecule has 0 atom stereocenters. The Morgan fingerprint density at radius 1 is 1.17 bits per heavy atom. The van der Waals surface area contributed by atoms with Crippen molar-refractivity contribution < 1.29 is 9.26 Å². The zero-order valence-electron chi connectivity index (χ0n) is 20.0. The van der Waals surface area contributed by atoms with E-state index in [1.54, 1.807) is 24.3 Å². The van der Waals surface area contributed by atoms with E-state index in [4.69, 9.17) is 44.1 Å². The van der Waals surface area contributed by atoms with Gasteiger partial charge in [0.2, 0.25) is 0 Å². The molecule has 0 bridgehead atoms. The van der Waals surface area contributed by atoms with Gasteiger partial charge in [-0.15, -0.1) is 11.6 Å². The van der Waals surface area contributed by atoms with Crippen molar-refractivity contribution in [2.24, 2.45) is 0 Å². The zero-order valence-corrected chi connectivity index (χ0v) is 22.3. The zero-order chi connectivity index (χ0) is 25.4. The van der Waals surface area contributed by atoms with Gasteiger partial charge in [0, 0.05) is 22.4 Å². The summed E-state index contributed by atoms with van der Waals surface area (Å²) in [5, 5.41) is 5.27. The third-order valence-corrected chi connectivity index (χ3v) is 6.10. The fourth-order valence-electron chi connectivity index (χ4n) is 3.42. The van der Waals surface area contributed by atoms with E-state index >= 15 is 0 Å².